The first-order valence-corrected chi connectivity index (χ1v) is 10.8. The van der Waals surface area contributed by atoms with E-state index < -0.39 is 6.10 Å². The Balaban J connectivity index is 1.59. The topological polar surface area (TPSA) is 44.8 Å². The highest BCUT2D eigenvalue weighted by molar-refractivity contribution is 5.80. The first-order valence-electron chi connectivity index (χ1n) is 10.8. The summed E-state index contributed by atoms with van der Waals surface area (Å²) in [5.41, 5.74) is 2.42. The summed E-state index contributed by atoms with van der Waals surface area (Å²) in [6.45, 7) is 11.1. The predicted molar refractivity (Wildman–Crippen MR) is 114 cm³/mol. The number of rotatable bonds is 6. The van der Waals surface area contributed by atoms with Gasteiger partial charge in [-0.3, -0.25) is 9.69 Å². The summed E-state index contributed by atoms with van der Waals surface area (Å²) in [6.07, 6.45) is 5.71. The molecule has 2 aliphatic rings. The van der Waals surface area contributed by atoms with Gasteiger partial charge in [-0.25, -0.2) is 0 Å². The molecule has 0 bridgehead atoms. The van der Waals surface area contributed by atoms with Crippen molar-refractivity contribution in [1.82, 2.24) is 15.1 Å². The van der Waals surface area contributed by atoms with Gasteiger partial charge in [0.25, 0.3) is 5.91 Å². The number of nitrogens with one attached hydrogen (secondary N) is 1. The van der Waals surface area contributed by atoms with E-state index in [4.69, 9.17) is 4.74 Å². The number of hydrogen-bond donors (Lipinski definition) is 1. The maximum absolute atomic E-state index is 12.8. The fourth-order valence-corrected chi connectivity index (χ4v) is 4.75. The highest BCUT2D eigenvalue weighted by atomic mass is 16.5. The van der Waals surface area contributed by atoms with E-state index in [0.717, 1.165) is 49.6 Å². The van der Waals surface area contributed by atoms with Crippen molar-refractivity contribution in [2.75, 3.05) is 39.8 Å². The molecule has 1 heterocycles. The molecule has 0 unspecified atom stereocenters. The molecule has 0 radical (unpaired) electrons. The number of amides is 1. The number of carbonyl (C=O) groups excluding carboxylic acids is 1. The molecular formula is C23H37N3O2. The van der Waals surface area contributed by atoms with Gasteiger partial charge in [-0.05, 0) is 63.9 Å². The number of aryl methyl sites for hydroxylation is 2. The van der Waals surface area contributed by atoms with Gasteiger partial charge in [0.05, 0.1) is 0 Å². The summed E-state index contributed by atoms with van der Waals surface area (Å²) in [7, 11) is 2.19. The van der Waals surface area contributed by atoms with Gasteiger partial charge in [0, 0.05) is 38.3 Å². The van der Waals surface area contributed by atoms with Crippen LogP contribution in [-0.2, 0) is 4.79 Å². The predicted octanol–water partition coefficient (Wildman–Crippen LogP) is 3.14. The third-order valence-corrected chi connectivity index (χ3v) is 6.43. The summed E-state index contributed by atoms with van der Waals surface area (Å²) in [4.78, 5) is 17.8. The number of hydrogen-bond acceptors (Lipinski definition) is 4. The standard InChI is InChI=1S/C23H37N3O2/c1-18-14-19(2)16-21(15-18)28-20(3)22(27)24-17-23(8-6-5-7-9-23)26-12-10-25(4)11-13-26/h14-16,20H,5-13,17H2,1-4H3,(H,24,27)/t20-/m0/s1. The molecule has 0 aromatic heterocycles. The van der Waals surface area contributed by atoms with Gasteiger partial charge in [-0.2, -0.15) is 0 Å². The first kappa shape index (κ1) is 21.1. The molecule has 1 aromatic carbocycles. The van der Waals surface area contributed by atoms with Crippen molar-refractivity contribution in [3.05, 3.63) is 29.3 Å². The third-order valence-electron chi connectivity index (χ3n) is 6.43. The summed E-state index contributed by atoms with van der Waals surface area (Å²) in [6, 6.07) is 6.09. The van der Waals surface area contributed by atoms with Gasteiger partial charge in [-0.1, -0.05) is 25.3 Å². The van der Waals surface area contributed by atoms with Crippen LogP contribution in [0.15, 0.2) is 18.2 Å². The zero-order valence-corrected chi connectivity index (χ0v) is 18.1. The average Bonchev–Trinajstić information content (AvgIpc) is 2.66. The number of ether oxygens (including phenoxy) is 1. The lowest BCUT2D eigenvalue weighted by atomic mass is 9.79. The van der Waals surface area contributed by atoms with Gasteiger partial charge in [0.2, 0.25) is 0 Å². The van der Waals surface area contributed by atoms with Crippen LogP contribution in [-0.4, -0.2) is 67.1 Å². The molecule has 1 saturated heterocycles. The van der Waals surface area contributed by atoms with E-state index in [1.165, 1.54) is 32.1 Å². The molecule has 1 aliphatic carbocycles. The Morgan fingerprint density at radius 2 is 1.68 bits per heavy atom. The first-order chi connectivity index (χ1) is 13.4. The quantitative estimate of drug-likeness (QED) is 0.815. The summed E-state index contributed by atoms with van der Waals surface area (Å²) < 4.78 is 5.94. The van der Waals surface area contributed by atoms with Crippen LogP contribution in [0.25, 0.3) is 0 Å². The van der Waals surface area contributed by atoms with Crippen LogP contribution in [0.4, 0.5) is 0 Å². The lowest BCUT2D eigenvalue weighted by molar-refractivity contribution is -0.128. The maximum atomic E-state index is 12.8. The summed E-state index contributed by atoms with van der Waals surface area (Å²) in [5, 5.41) is 3.23. The van der Waals surface area contributed by atoms with E-state index in [0.29, 0.717) is 0 Å². The lowest BCUT2D eigenvalue weighted by Gasteiger charge is -2.49. The zero-order chi connectivity index (χ0) is 20.1. The molecule has 5 nitrogen and oxygen atoms in total. The minimum absolute atomic E-state index is 0.0155. The molecule has 1 aliphatic heterocycles. The molecule has 5 heteroatoms. The van der Waals surface area contributed by atoms with Gasteiger partial charge in [0.1, 0.15) is 5.75 Å². The smallest absolute Gasteiger partial charge is 0.260 e. The highest BCUT2D eigenvalue weighted by Crippen LogP contribution is 2.34. The summed E-state index contributed by atoms with van der Waals surface area (Å²) in [5.74, 6) is 0.754. The number of piperazine rings is 1. The number of benzene rings is 1. The Hall–Kier alpha value is -1.59. The van der Waals surface area contributed by atoms with Gasteiger partial charge < -0.3 is 15.0 Å². The van der Waals surface area contributed by atoms with Crippen molar-refractivity contribution in [3.8, 4) is 5.75 Å². The molecule has 28 heavy (non-hydrogen) atoms. The Kier molecular flexibility index (Phi) is 7.00. The molecule has 3 rings (SSSR count). The molecule has 1 N–H and O–H groups in total. The molecule has 156 valence electrons. The maximum Gasteiger partial charge on any atom is 0.260 e. The van der Waals surface area contributed by atoms with E-state index in [2.05, 4.69) is 28.2 Å². The van der Waals surface area contributed by atoms with Gasteiger partial charge >= 0.3 is 0 Å². The fourth-order valence-electron chi connectivity index (χ4n) is 4.75. The largest absolute Gasteiger partial charge is 0.481 e. The summed E-state index contributed by atoms with van der Waals surface area (Å²) >= 11 is 0. The molecule has 1 amide bonds. The van der Waals surface area contributed by atoms with E-state index >= 15 is 0 Å². The van der Waals surface area contributed by atoms with Crippen LogP contribution in [0.2, 0.25) is 0 Å². The van der Waals surface area contributed by atoms with E-state index in [1.807, 2.05) is 32.9 Å². The molecule has 1 saturated carbocycles. The molecule has 0 spiro atoms. The molecule has 1 atom stereocenters. The SMILES string of the molecule is Cc1cc(C)cc(O[C@@H](C)C(=O)NCC2(N3CCN(C)CC3)CCCCC2)c1. The average molecular weight is 388 g/mol. The van der Waals surface area contributed by atoms with Crippen LogP contribution in [0, 0.1) is 13.8 Å². The van der Waals surface area contributed by atoms with Crippen LogP contribution in [0.3, 0.4) is 0 Å². The second-order valence-corrected chi connectivity index (χ2v) is 8.88. The van der Waals surface area contributed by atoms with Crippen molar-refractivity contribution < 1.29 is 9.53 Å². The Morgan fingerprint density at radius 1 is 1.07 bits per heavy atom. The van der Waals surface area contributed by atoms with Crippen molar-refractivity contribution in [1.29, 1.82) is 0 Å². The number of nitrogens with zero attached hydrogens (tertiary/aromatic N) is 2. The Morgan fingerprint density at radius 3 is 2.29 bits per heavy atom. The number of likely N-dealkylation sites (N-methyl/N-ethyl adjacent to an activating group) is 1. The van der Waals surface area contributed by atoms with Crippen LogP contribution < -0.4 is 10.1 Å². The van der Waals surface area contributed by atoms with Crippen molar-refractivity contribution in [3.63, 3.8) is 0 Å². The van der Waals surface area contributed by atoms with Gasteiger partial charge in [0.15, 0.2) is 6.10 Å². The van der Waals surface area contributed by atoms with Crippen LogP contribution >= 0.6 is 0 Å². The van der Waals surface area contributed by atoms with Crippen molar-refractivity contribution in [2.24, 2.45) is 0 Å². The van der Waals surface area contributed by atoms with E-state index in [-0.39, 0.29) is 11.4 Å². The minimum atomic E-state index is -0.491. The van der Waals surface area contributed by atoms with Crippen LogP contribution in [0.1, 0.15) is 50.2 Å². The van der Waals surface area contributed by atoms with Crippen molar-refractivity contribution in [2.45, 2.75) is 64.5 Å². The number of carbonyl (C=O) groups is 1. The Labute approximate surface area is 170 Å². The lowest BCUT2D eigenvalue weighted by Crippen LogP contribution is -2.62. The zero-order valence-electron chi connectivity index (χ0n) is 18.1. The van der Waals surface area contributed by atoms with E-state index in [9.17, 15) is 4.79 Å². The third kappa shape index (κ3) is 5.26. The molecule has 2 fully saturated rings. The highest BCUT2D eigenvalue weighted by Gasteiger charge is 2.39. The normalized spacial score (nSPS) is 21.9. The Bertz CT molecular complexity index is 642. The molecule has 1 aromatic rings. The van der Waals surface area contributed by atoms with Gasteiger partial charge in [-0.15, -0.1) is 0 Å². The second-order valence-electron chi connectivity index (χ2n) is 8.88. The van der Waals surface area contributed by atoms with E-state index in [1.54, 1.807) is 0 Å². The molecular weight excluding hydrogens is 350 g/mol. The monoisotopic (exact) mass is 387 g/mol. The minimum Gasteiger partial charge on any atom is -0.481 e. The second kappa shape index (κ2) is 9.27. The van der Waals surface area contributed by atoms with Crippen molar-refractivity contribution >= 4 is 5.91 Å². The van der Waals surface area contributed by atoms with Crippen LogP contribution in [0.5, 0.6) is 5.75 Å². The fraction of sp³-hybridized carbons (Fsp3) is 0.696.